The summed E-state index contributed by atoms with van der Waals surface area (Å²) in [6, 6.07) is 5.99. The fraction of sp³-hybridized carbons (Fsp3) is 0.550. The topological polar surface area (TPSA) is 68.3 Å². The number of carbonyl (C=O) groups excluding carboxylic acids is 2. The Morgan fingerprint density at radius 3 is 2.81 bits per heavy atom. The van der Waals surface area contributed by atoms with Crippen LogP contribution in [0.3, 0.4) is 0 Å². The lowest BCUT2D eigenvalue weighted by atomic mass is 9.80. The molecule has 0 unspecified atom stereocenters. The van der Waals surface area contributed by atoms with E-state index in [1.807, 2.05) is 25.1 Å². The lowest BCUT2D eigenvalue weighted by molar-refractivity contribution is -0.152. The zero-order valence-corrected chi connectivity index (χ0v) is 16.4. The summed E-state index contributed by atoms with van der Waals surface area (Å²) in [6.07, 6.45) is 3.17. The van der Waals surface area contributed by atoms with Gasteiger partial charge in [0.15, 0.2) is 5.13 Å². The van der Waals surface area contributed by atoms with Gasteiger partial charge in [0, 0.05) is 6.42 Å². The number of ether oxygens (including phenoxy) is 1. The highest BCUT2D eigenvalue weighted by atomic mass is 32.1. The van der Waals surface area contributed by atoms with Crippen molar-refractivity contribution in [1.82, 2.24) is 4.98 Å². The molecule has 1 aromatic carbocycles. The van der Waals surface area contributed by atoms with Crippen LogP contribution in [0.1, 0.15) is 51.5 Å². The fourth-order valence-corrected chi connectivity index (χ4v) is 4.31. The maximum Gasteiger partial charge on any atom is 0.306 e. The summed E-state index contributed by atoms with van der Waals surface area (Å²) in [5.41, 5.74) is 2.03. The number of benzene rings is 1. The second-order valence-corrected chi connectivity index (χ2v) is 8.45. The highest BCUT2D eigenvalue weighted by Gasteiger charge is 2.27. The summed E-state index contributed by atoms with van der Waals surface area (Å²) in [4.78, 5) is 28.5. The molecule has 1 N–H and O–H groups in total. The molecule has 1 heterocycles. The first-order valence-corrected chi connectivity index (χ1v) is 10.1. The Labute approximate surface area is 158 Å². The third-order valence-electron chi connectivity index (χ3n) is 5.19. The van der Waals surface area contributed by atoms with Crippen LogP contribution < -0.4 is 5.32 Å². The minimum absolute atomic E-state index is 0.00395. The number of anilines is 1. The molecule has 0 bridgehead atoms. The molecule has 1 fully saturated rings. The van der Waals surface area contributed by atoms with Crippen molar-refractivity contribution in [2.75, 3.05) is 5.32 Å². The molecule has 26 heavy (non-hydrogen) atoms. The second-order valence-electron chi connectivity index (χ2n) is 7.42. The first kappa shape index (κ1) is 18.8. The summed E-state index contributed by atoms with van der Waals surface area (Å²) >= 11 is 1.44. The fourth-order valence-electron chi connectivity index (χ4n) is 3.33. The molecule has 1 aliphatic rings. The molecule has 1 aliphatic carbocycles. The number of nitrogens with one attached hydrogen (secondary N) is 1. The molecule has 140 valence electrons. The number of carbonyl (C=O) groups is 2. The molecule has 3 rings (SSSR count). The van der Waals surface area contributed by atoms with E-state index in [2.05, 4.69) is 24.1 Å². The van der Waals surface area contributed by atoms with Crippen LogP contribution in [-0.4, -0.2) is 23.0 Å². The van der Waals surface area contributed by atoms with Crippen LogP contribution in [0.5, 0.6) is 0 Å². The zero-order valence-electron chi connectivity index (χ0n) is 15.6. The summed E-state index contributed by atoms with van der Waals surface area (Å²) < 4.78 is 6.58. The van der Waals surface area contributed by atoms with E-state index in [4.69, 9.17) is 4.74 Å². The van der Waals surface area contributed by atoms with Gasteiger partial charge in [-0.3, -0.25) is 9.59 Å². The molecular weight excluding hydrogens is 348 g/mol. The van der Waals surface area contributed by atoms with Gasteiger partial charge in [-0.1, -0.05) is 31.3 Å². The van der Waals surface area contributed by atoms with Gasteiger partial charge in [-0.25, -0.2) is 4.98 Å². The summed E-state index contributed by atoms with van der Waals surface area (Å²) in [6.45, 7) is 6.48. The first-order valence-electron chi connectivity index (χ1n) is 9.27. The molecule has 1 aromatic heterocycles. The predicted molar refractivity (Wildman–Crippen MR) is 104 cm³/mol. The third-order valence-corrected chi connectivity index (χ3v) is 6.13. The van der Waals surface area contributed by atoms with Gasteiger partial charge in [0.1, 0.15) is 6.10 Å². The van der Waals surface area contributed by atoms with E-state index in [0.717, 1.165) is 35.0 Å². The lowest BCUT2D eigenvalue weighted by Gasteiger charge is -2.31. The van der Waals surface area contributed by atoms with Crippen molar-refractivity contribution in [2.24, 2.45) is 11.8 Å². The molecule has 0 spiro atoms. The molecule has 1 saturated carbocycles. The van der Waals surface area contributed by atoms with Crippen LogP contribution in [-0.2, 0) is 14.3 Å². The number of aromatic nitrogens is 1. The number of aryl methyl sites for hydroxylation is 1. The van der Waals surface area contributed by atoms with E-state index in [-0.39, 0.29) is 30.8 Å². The van der Waals surface area contributed by atoms with Gasteiger partial charge >= 0.3 is 5.97 Å². The lowest BCUT2D eigenvalue weighted by Crippen LogP contribution is -2.29. The summed E-state index contributed by atoms with van der Waals surface area (Å²) in [5.74, 6) is 0.774. The minimum Gasteiger partial charge on any atom is -0.462 e. The Morgan fingerprint density at radius 1 is 1.23 bits per heavy atom. The average molecular weight is 375 g/mol. The van der Waals surface area contributed by atoms with Crippen molar-refractivity contribution in [1.29, 1.82) is 0 Å². The highest BCUT2D eigenvalue weighted by molar-refractivity contribution is 7.22. The predicted octanol–water partition coefficient (Wildman–Crippen LogP) is 4.69. The Balaban J connectivity index is 1.45. The average Bonchev–Trinajstić information content (AvgIpc) is 2.97. The maximum atomic E-state index is 12.1. The molecule has 5 nitrogen and oxygen atoms in total. The number of fused-ring (bicyclic) bond motifs is 1. The van der Waals surface area contributed by atoms with E-state index in [9.17, 15) is 9.59 Å². The smallest absolute Gasteiger partial charge is 0.306 e. The number of hydrogen-bond donors (Lipinski definition) is 1. The normalized spacial score (nSPS) is 23.0. The standard InChI is InChI=1S/C20H26N2O3S/c1-12-4-7-16-17(10-12)26-20(21-16)22-18(23)8-9-19(24)25-15-6-5-13(2)14(3)11-15/h4,7,10,13-15H,5-6,8-9,11H2,1-3H3,(H,21,22,23)/t13-,14+,15+/m0/s1. The molecule has 6 heteroatoms. The largest absolute Gasteiger partial charge is 0.462 e. The minimum atomic E-state index is -0.285. The van der Waals surface area contributed by atoms with Crippen LogP contribution >= 0.6 is 11.3 Å². The van der Waals surface area contributed by atoms with Crippen molar-refractivity contribution < 1.29 is 14.3 Å². The van der Waals surface area contributed by atoms with Crippen LogP contribution in [0.15, 0.2) is 18.2 Å². The zero-order chi connectivity index (χ0) is 18.7. The van der Waals surface area contributed by atoms with Gasteiger partial charge in [0.05, 0.1) is 16.6 Å². The number of rotatable bonds is 5. The Morgan fingerprint density at radius 2 is 2.04 bits per heavy atom. The Bertz CT molecular complexity index is 801. The van der Waals surface area contributed by atoms with Crippen molar-refractivity contribution in [3.8, 4) is 0 Å². The number of thiazole rings is 1. The number of amides is 1. The van der Waals surface area contributed by atoms with Crippen LogP contribution in [0.2, 0.25) is 0 Å². The van der Waals surface area contributed by atoms with E-state index < -0.39 is 0 Å². The van der Waals surface area contributed by atoms with Gasteiger partial charge in [-0.05, 0) is 55.7 Å². The van der Waals surface area contributed by atoms with Crippen molar-refractivity contribution in [2.45, 2.75) is 59.0 Å². The molecule has 0 aliphatic heterocycles. The van der Waals surface area contributed by atoms with E-state index in [1.54, 1.807) is 0 Å². The Kier molecular flexibility index (Phi) is 5.91. The first-order chi connectivity index (χ1) is 12.4. The summed E-state index contributed by atoms with van der Waals surface area (Å²) in [5, 5.41) is 3.35. The van der Waals surface area contributed by atoms with E-state index in [0.29, 0.717) is 17.0 Å². The monoisotopic (exact) mass is 374 g/mol. The van der Waals surface area contributed by atoms with Crippen LogP contribution in [0.25, 0.3) is 10.2 Å². The van der Waals surface area contributed by atoms with E-state index >= 15 is 0 Å². The van der Waals surface area contributed by atoms with Gasteiger partial charge in [-0.15, -0.1) is 0 Å². The SMILES string of the molecule is Cc1ccc2nc(NC(=O)CCC(=O)O[C@@H]3CC[C@H](C)[C@H](C)C3)sc2c1. The second kappa shape index (κ2) is 8.16. The molecule has 3 atom stereocenters. The van der Waals surface area contributed by atoms with Gasteiger partial charge < -0.3 is 10.1 Å². The molecule has 0 radical (unpaired) electrons. The highest BCUT2D eigenvalue weighted by Crippen LogP contribution is 2.31. The van der Waals surface area contributed by atoms with Crippen molar-refractivity contribution >= 4 is 38.6 Å². The molecule has 1 amide bonds. The van der Waals surface area contributed by atoms with Crippen molar-refractivity contribution in [3.05, 3.63) is 23.8 Å². The molecule has 0 saturated heterocycles. The summed E-state index contributed by atoms with van der Waals surface area (Å²) in [7, 11) is 0. The maximum absolute atomic E-state index is 12.1. The van der Waals surface area contributed by atoms with Gasteiger partial charge in [0.25, 0.3) is 0 Å². The number of esters is 1. The number of nitrogens with zero attached hydrogens (tertiary/aromatic N) is 1. The Hall–Kier alpha value is -1.95. The molecular formula is C20H26N2O3S. The van der Waals surface area contributed by atoms with Crippen LogP contribution in [0.4, 0.5) is 5.13 Å². The third kappa shape index (κ3) is 4.81. The van der Waals surface area contributed by atoms with Gasteiger partial charge in [0.2, 0.25) is 5.91 Å². The van der Waals surface area contributed by atoms with Crippen molar-refractivity contribution in [3.63, 3.8) is 0 Å². The van der Waals surface area contributed by atoms with Gasteiger partial charge in [-0.2, -0.15) is 0 Å². The quantitative estimate of drug-likeness (QED) is 0.771. The van der Waals surface area contributed by atoms with Crippen LogP contribution in [0, 0.1) is 18.8 Å². The molecule has 2 aromatic rings. The number of hydrogen-bond acceptors (Lipinski definition) is 5. The van der Waals surface area contributed by atoms with E-state index in [1.165, 1.54) is 11.3 Å².